The Labute approximate surface area is 92.4 Å². The van der Waals surface area contributed by atoms with Crippen LogP contribution in [0.3, 0.4) is 0 Å². The quantitative estimate of drug-likeness (QED) is 0.672. The van der Waals surface area contributed by atoms with Gasteiger partial charge < -0.3 is 0 Å². The predicted molar refractivity (Wildman–Crippen MR) is 65.6 cm³/mol. The first-order chi connectivity index (χ1) is 6.90. The smallest absolute Gasteiger partial charge is 0.0851 e. The minimum absolute atomic E-state index is 0.710. The molecule has 0 aromatic heterocycles. The summed E-state index contributed by atoms with van der Waals surface area (Å²) in [5.41, 5.74) is 1.07. The summed E-state index contributed by atoms with van der Waals surface area (Å²) in [6, 6.07) is 8.20. The van der Waals surface area contributed by atoms with E-state index in [1.165, 1.54) is 4.90 Å². The largest absolute Gasteiger partial charge is 0.244 e. The molecule has 0 unspecified atom stereocenters. The van der Waals surface area contributed by atoms with Crippen molar-refractivity contribution in [3.05, 3.63) is 24.3 Å². The fourth-order valence-electron chi connectivity index (χ4n) is 1.18. The molecule has 1 heterocycles. The Balaban J connectivity index is 2.19. The second-order valence-corrected chi connectivity index (χ2v) is 4.82. The third kappa shape index (κ3) is 2.14. The summed E-state index contributed by atoms with van der Waals surface area (Å²) < 4.78 is 0. The Morgan fingerprint density at radius 2 is 2.36 bits per heavy atom. The number of aliphatic imine (C=N–C) groups is 1. The monoisotopic (exact) mass is 219 g/mol. The number of rotatable bonds is 1. The number of hydrogen-bond donors (Lipinski definition) is 0. The Kier molecular flexibility index (Phi) is 3.18. The highest BCUT2D eigenvalue weighted by molar-refractivity contribution is 8.16. The van der Waals surface area contributed by atoms with E-state index in [9.17, 15) is 0 Å². The average Bonchev–Trinajstić information content (AvgIpc) is 2.26. The number of nitrogens with zero attached hydrogens (tertiary/aromatic N) is 1. The van der Waals surface area contributed by atoms with Crippen molar-refractivity contribution >= 4 is 34.3 Å². The van der Waals surface area contributed by atoms with E-state index in [4.69, 9.17) is 6.42 Å². The van der Waals surface area contributed by atoms with Crippen LogP contribution < -0.4 is 0 Å². The van der Waals surface area contributed by atoms with Crippen LogP contribution in [0.25, 0.3) is 0 Å². The topological polar surface area (TPSA) is 12.4 Å². The van der Waals surface area contributed by atoms with Crippen molar-refractivity contribution in [2.24, 2.45) is 4.99 Å². The predicted octanol–water partition coefficient (Wildman–Crippen LogP) is 3.19. The minimum Gasteiger partial charge on any atom is -0.244 e. The van der Waals surface area contributed by atoms with Crippen LogP contribution in [0, 0.1) is 12.3 Å². The summed E-state index contributed by atoms with van der Waals surface area (Å²) in [4.78, 5) is 5.81. The molecule has 0 amide bonds. The second kappa shape index (κ2) is 4.59. The molecule has 70 valence electrons. The van der Waals surface area contributed by atoms with Gasteiger partial charge in [-0.05, 0) is 12.1 Å². The fraction of sp³-hybridized carbons (Fsp3) is 0.182. The molecule has 0 N–H and O–H groups in total. The van der Waals surface area contributed by atoms with Crippen LogP contribution in [0.2, 0.25) is 0 Å². The van der Waals surface area contributed by atoms with E-state index >= 15 is 0 Å². The molecule has 0 spiro atoms. The van der Waals surface area contributed by atoms with E-state index in [-0.39, 0.29) is 0 Å². The van der Waals surface area contributed by atoms with E-state index in [2.05, 4.69) is 17.0 Å². The zero-order chi connectivity index (χ0) is 9.80. The van der Waals surface area contributed by atoms with Crippen molar-refractivity contribution in [2.75, 3.05) is 11.5 Å². The van der Waals surface area contributed by atoms with Crippen molar-refractivity contribution in [1.82, 2.24) is 0 Å². The van der Waals surface area contributed by atoms with Gasteiger partial charge in [0.1, 0.15) is 0 Å². The van der Waals surface area contributed by atoms with Crippen LogP contribution in [0.15, 0.2) is 34.2 Å². The summed E-state index contributed by atoms with van der Waals surface area (Å²) in [6.45, 7) is 0. The Morgan fingerprint density at radius 1 is 1.50 bits per heavy atom. The summed E-state index contributed by atoms with van der Waals surface area (Å²) >= 11 is 3.48. The lowest BCUT2D eigenvalue weighted by Gasteiger charge is -2.13. The highest BCUT2D eigenvalue weighted by Crippen LogP contribution is 2.35. The third-order valence-corrected chi connectivity index (χ3v) is 3.92. The van der Waals surface area contributed by atoms with E-state index in [1.807, 2.05) is 30.0 Å². The van der Waals surface area contributed by atoms with Crippen LogP contribution in [0.5, 0.6) is 0 Å². The summed E-state index contributed by atoms with van der Waals surface area (Å²) in [7, 11) is 0. The minimum atomic E-state index is 0.710. The molecule has 0 saturated carbocycles. The highest BCUT2D eigenvalue weighted by Gasteiger charge is 2.11. The van der Waals surface area contributed by atoms with Gasteiger partial charge in [-0.1, -0.05) is 29.8 Å². The number of fused-ring (bicyclic) bond motifs is 1. The molecule has 0 radical (unpaired) electrons. The molecule has 1 aromatic carbocycles. The van der Waals surface area contributed by atoms with Crippen molar-refractivity contribution in [3.63, 3.8) is 0 Å². The Bertz CT molecular complexity index is 404. The molecule has 14 heavy (non-hydrogen) atoms. The number of benzene rings is 1. The molecular formula is C11H9NS2. The zero-order valence-electron chi connectivity index (χ0n) is 7.56. The van der Waals surface area contributed by atoms with E-state index in [0.29, 0.717) is 5.75 Å². The molecule has 1 nitrogen and oxygen atoms in total. The van der Waals surface area contributed by atoms with E-state index < -0.39 is 0 Å². The normalized spacial score (nSPS) is 14.1. The van der Waals surface area contributed by atoms with Gasteiger partial charge in [0.15, 0.2) is 0 Å². The fourth-order valence-corrected chi connectivity index (χ4v) is 2.88. The lowest BCUT2D eigenvalue weighted by molar-refractivity contribution is 1.36. The average molecular weight is 219 g/mol. The van der Waals surface area contributed by atoms with Crippen LogP contribution >= 0.6 is 23.5 Å². The third-order valence-electron chi connectivity index (χ3n) is 1.78. The van der Waals surface area contributed by atoms with Gasteiger partial charge in [0.2, 0.25) is 0 Å². The molecule has 0 aliphatic carbocycles. The lowest BCUT2D eigenvalue weighted by atomic mass is 10.3. The molecule has 3 heteroatoms. The number of terminal acetylenes is 1. The molecular weight excluding hydrogens is 210 g/mol. The summed E-state index contributed by atoms with van der Waals surface area (Å²) in [6.07, 6.45) is 5.21. The summed E-state index contributed by atoms with van der Waals surface area (Å²) in [5.74, 6) is 4.27. The molecule has 0 saturated heterocycles. The molecule has 0 fully saturated rings. The number of hydrogen-bond acceptors (Lipinski definition) is 3. The van der Waals surface area contributed by atoms with Gasteiger partial charge in [0, 0.05) is 10.6 Å². The SMILES string of the molecule is C#CCSC1=Nc2ccccc2SC1. The maximum Gasteiger partial charge on any atom is 0.0851 e. The van der Waals surface area contributed by atoms with Gasteiger partial charge in [-0.25, -0.2) is 4.99 Å². The Morgan fingerprint density at radius 3 is 3.21 bits per heavy atom. The van der Waals surface area contributed by atoms with Crippen LogP contribution in [-0.4, -0.2) is 16.5 Å². The first-order valence-corrected chi connectivity index (χ1v) is 6.23. The van der Waals surface area contributed by atoms with Crippen LogP contribution in [0.4, 0.5) is 5.69 Å². The van der Waals surface area contributed by atoms with Crippen molar-refractivity contribution in [2.45, 2.75) is 4.90 Å². The van der Waals surface area contributed by atoms with Gasteiger partial charge in [0.05, 0.1) is 16.5 Å². The standard InChI is InChI=1S/C11H9NS2/c1-2-7-13-11-8-14-10-6-4-3-5-9(10)12-11/h1,3-6H,7-8H2. The van der Waals surface area contributed by atoms with E-state index in [1.54, 1.807) is 11.8 Å². The van der Waals surface area contributed by atoms with Gasteiger partial charge in [-0.2, -0.15) is 0 Å². The van der Waals surface area contributed by atoms with Crippen molar-refractivity contribution in [3.8, 4) is 12.3 Å². The molecule has 0 bridgehead atoms. The number of thioether (sulfide) groups is 2. The lowest BCUT2D eigenvalue weighted by Crippen LogP contribution is -2.01. The molecule has 2 rings (SSSR count). The van der Waals surface area contributed by atoms with Crippen LogP contribution in [0.1, 0.15) is 0 Å². The van der Waals surface area contributed by atoms with Crippen molar-refractivity contribution < 1.29 is 0 Å². The van der Waals surface area contributed by atoms with Gasteiger partial charge in [-0.3, -0.25) is 0 Å². The van der Waals surface area contributed by atoms with E-state index in [0.717, 1.165) is 16.5 Å². The first kappa shape index (κ1) is 9.70. The van der Waals surface area contributed by atoms with Gasteiger partial charge in [-0.15, -0.1) is 18.2 Å². The molecule has 1 aromatic rings. The maximum absolute atomic E-state index is 5.21. The molecule has 1 aliphatic heterocycles. The first-order valence-electron chi connectivity index (χ1n) is 4.26. The van der Waals surface area contributed by atoms with Gasteiger partial charge in [0.25, 0.3) is 0 Å². The number of para-hydroxylation sites is 1. The molecule has 0 atom stereocenters. The van der Waals surface area contributed by atoms with Crippen molar-refractivity contribution in [1.29, 1.82) is 0 Å². The second-order valence-electron chi connectivity index (χ2n) is 2.75. The summed E-state index contributed by atoms with van der Waals surface area (Å²) in [5, 5.41) is 1.13. The zero-order valence-corrected chi connectivity index (χ0v) is 9.20. The Hall–Kier alpha value is -0.850. The molecule has 1 aliphatic rings. The maximum atomic E-state index is 5.21. The van der Waals surface area contributed by atoms with Gasteiger partial charge >= 0.3 is 0 Å². The highest BCUT2D eigenvalue weighted by atomic mass is 32.2. The van der Waals surface area contributed by atoms with Crippen LogP contribution in [-0.2, 0) is 0 Å².